The maximum Gasteiger partial charge on any atom is 0.110 e. The van der Waals surface area contributed by atoms with E-state index in [1.165, 1.54) is 0 Å². The topological polar surface area (TPSA) is 39.1 Å². The molecule has 0 spiro atoms. The fraction of sp³-hybridized carbons (Fsp3) is 0.800. The summed E-state index contributed by atoms with van der Waals surface area (Å²) in [6, 6.07) is 0.345. The second-order valence-corrected chi connectivity index (χ2v) is 4.78. The molecule has 1 aromatic rings. The third-order valence-electron chi connectivity index (χ3n) is 3.41. The molecular formula is C15H29N3O. The van der Waals surface area contributed by atoms with E-state index in [0.717, 1.165) is 44.8 Å². The Kier molecular flexibility index (Phi) is 7.75. The van der Waals surface area contributed by atoms with Crippen molar-refractivity contribution >= 4 is 0 Å². The Morgan fingerprint density at radius 2 is 2.11 bits per heavy atom. The lowest BCUT2D eigenvalue weighted by atomic mass is 10.0. The minimum Gasteiger partial charge on any atom is -0.377 e. The molecule has 1 heterocycles. The number of aryl methyl sites for hydroxylation is 1. The summed E-state index contributed by atoms with van der Waals surface area (Å²) in [6.45, 7) is 11.3. The second-order valence-electron chi connectivity index (χ2n) is 4.78. The summed E-state index contributed by atoms with van der Waals surface area (Å²) in [6.07, 6.45) is 7.38. The lowest BCUT2D eigenvalue weighted by molar-refractivity contribution is 0.0279. The van der Waals surface area contributed by atoms with E-state index < -0.39 is 0 Å². The van der Waals surface area contributed by atoms with Crippen LogP contribution in [0.4, 0.5) is 0 Å². The smallest absolute Gasteiger partial charge is 0.110 e. The molecule has 0 aliphatic carbocycles. The van der Waals surface area contributed by atoms with Crippen LogP contribution >= 0.6 is 0 Å². The van der Waals surface area contributed by atoms with Gasteiger partial charge < -0.3 is 14.6 Å². The molecule has 0 bridgehead atoms. The number of hydrogen-bond acceptors (Lipinski definition) is 3. The molecule has 1 aromatic heterocycles. The number of likely N-dealkylation sites (N-methyl/N-ethyl adjacent to an activating group) is 1. The third-order valence-corrected chi connectivity index (χ3v) is 3.41. The summed E-state index contributed by atoms with van der Waals surface area (Å²) in [4.78, 5) is 4.48. The molecule has 0 radical (unpaired) electrons. The number of nitrogens with one attached hydrogen (secondary N) is 1. The van der Waals surface area contributed by atoms with Crippen LogP contribution in [0, 0.1) is 0 Å². The van der Waals surface area contributed by atoms with Crippen molar-refractivity contribution in [3.05, 3.63) is 18.2 Å². The van der Waals surface area contributed by atoms with Gasteiger partial charge in [-0.2, -0.15) is 0 Å². The molecule has 110 valence electrons. The second kappa shape index (κ2) is 9.10. The van der Waals surface area contributed by atoms with Crippen molar-refractivity contribution in [2.45, 2.75) is 65.6 Å². The quantitative estimate of drug-likeness (QED) is 0.708. The van der Waals surface area contributed by atoms with Crippen LogP contribution in [0.25, 0.3) is 0 Å². The minimum absolute atomic E-state index is 0.275. The zero-order chi connectivity index (χ0) is 14.1. The Morgan fingerprint density at radius 3 is 2.68 bits per heavy atom. The van der Waals surface area contributed by atoms with E-state index in [2.05, 4.69) is 42.6 Å². The Bertz CT molecular complexity index is 332. The molecule has 0 aromatic carbocycles. The summed E-state index contributed by atoms with van der Waals surface area (Å²) in [5, 5.41) is 3.56. The number of ether oxygens (including phenoxy) is 1. The predicted octanol–water partition coefficient (Wildman–Crippen LogP) is 2.63. The van der Waals surface area contributed by atoms with Gasteiger partial charge in [-0.25, -0.2) is 4.98 Å². The van der Waals surface area contributed by atoms with Gasteiger partial charge in [0.15, 0.2) is 0 Å². The molecule has 1 rings (SSSR count). The van der Waals surface area contributed by atoms with E-state index in [-0.39, 0.29) is 6.10 Å². The van der Waals surface area contributed by atoms with Crippen molar-refractivity contribution < 1.29 is 4.74 Å². The van der Waals surface area contributed by atoms with E-state index in [1.807, 2.05) is 12.4 Å². The first kappa shape index (κ1) is 16.2. The summed E-state index contributed by atoms with van der Waals surface area (Å²) in [5.41, 5.74) is 0. The number of hydrogen-bond donors (Lipinski definition) is 1. The van der Waals surface area contributed by atoms with Gasteiger partial charge in [0.25, 0.3) is 0 Å². The van der Waals surface area contributed by atoms with Gasteiger partial charge in [-0.05, 0) is 26.8 Å². The molecule has 1 N–H and O–H groups in total. The highest BCUT2D eigenvalue weighted by atomic mass is 16.5. The van der Waals surface area contributed by atoms with Crippen molar-refractivity contribution in [1.82, 2.24) is 14.9 Å². The Balaban J connectivity index is 2.74. The summed E-state index contributed by atoms with van der Waals surface area (Å²) in [7, 11) is 0. The SMILES string of the molecule is CCCC(OCC)C(Cc1nccn1CC)NCC. The van der Waals surface area contributed by atoms with Gasteiger partial charge in [-0.1, -0.05) is 20.3 Å². The number of aromatic nitrogens is 2. The molecule has 0 saturated carbocycles. The van der Waals surface area contributed by atoms with Gasteiger partial charge in [-0.15, -0.1) is 0 Å². The van der Waals surface area contributed by atoms with E-state index in [1.54, 1.807) is 0 Å². The van der Waals surface area contributed by atoms with Gasteiger partial charge in [0.1, 0.15) is 5.82 Å². The fourth-order valence-electron chi connectivity index (χ4n) is 2.51. The van der Waals surface area contributed by atoms with Crippen LogP contribution in [0.2, 0.25) is 0 Å². The largest absolute Gasteiger partial charge is 0.377 e. The first-order chi connectivity index (χ1) is 9.26. The molecule has 2 unspecified atom stereocenters. The number of nitrogens with zero attached hydrogens (tertiary/aromatic N) is 2. The lowest BCUT2D eigenvalue weighted by Gasteiger charge is -2.27. The van der Waals surface area contributed by atoms with Crippen molar-refractivity contribution in [3.8, 4) is 0 Å². The zero-order valence-electron chi connectivity index (χ0n) is 12.9. The third kappa shape index (κ3) is 4.96. The van der Waals surface area contributed by atoms with Crippen molar-refractivity contribution in [2.75, 3.05) is 13.2 Å². The Labute approximate surface area is 117 Å². The molecule has 19 heavy (non-hydrogen) atoms. The molecule has 0 aliphatic rings. The molecule has 2 atom stereocenters. The van der Waals surface area contributed by atoms with Gasteiger partial charge in [0.2, 0.25) is 0 Å². The van der Waals surface area contributed by atoms with Gasteiger partial charge >= 0.3 is 0 Å². The molecule has 0 aliphatic heterocycles. The first-order valence-corrected chi connectivity index (χ1v) is 7.61. The average Bonchev–Trinajstić information content (AvgIpc) is 2.85. The number of imidazole rings is 1. The van der Waals surface area contributed by atoms with Crippen LogP contribution in [0.15, 0.2) is 12.4 Å². The monoisotopic (exact) mass is 267 g/mol. The van der Waals surface area contributed by atoms with Crippen LogP contribution in [-0.4, -0.2) is 34.8 Å². The van der Waals surface area contributed by atoms with Gasteiger partial charge in [-0.3, -0.25) is 0 Å². The highest BCUT2D eigenvalue weighted by Gasteiger charge is 2.22. The first-order valence-electron chi connectivity index (χ1n) is 7.61. The van der Waals surface area contributed by atoms with E-state index >= 15 is 0 Å². The molecule has 4 heteroatoms. The summed E-state index contributed by atoms with van der Waals surface area (Å²) in [5.74, 6) is 1.15. The molecule has 0 fully saturated rings. The average molecular weight is 267 g/mol. The highest BCUT2D eigenvalue weighted by molar-refractivity contribution is 4.97. The van der Waals surface area contributed by atoms with Crippen LogP contribution in [0.3, 0.4) is 0 Å². The molecule has 0 saturated heterocycles. The van der Waals surface area contributed by atoms with Crippen molar-refractivity contribution in [2.24, 2.45) is 0 Å². The van der Waals surface area contributed by atoms with E-state index in [4.69, 9.17) is 4.74 Å². The predicted molar refractivity (Wildman–Crippen MR) is 79.4 cm³/mol. The Morgan fingerprint density at radius 1 is 1.32 bits per heavy atom. The molecule has 0 amide bonds. The summed E-state index contributed by atoms with van der Waals surface area (Å²) >= 11 is 0. The van der Waals surface area contributed by atoms with Crippen LogP contribution in [-0.2, 0) is 17.7 Å². The zero-order valence-corrected chi connectivity index (χ0v) is 12.9. The molecule has 4 nitrogen and oxygen atoms in total. The maximum atomic E-state index is 5.92. The van der Waals surface area contributed by atoms with Crippen molar-refractivity contribution in [3.63, 3.8) is 0 Å². The Hall–Kier alpha value is -0.870. The fourth-order valence-corrected chi connectivity index (χ4v) is 2.51. The lowest BCUT2D eigenvalue weighted by Crippen LogP contribution is -2.43. The maximum absolute atomic E-state index is 5.92. The minimum atomic E-state index is 0.275. The number of rotatable bonds is 10. The van der Waals surface area contributed by atoms with Crippen molar-refractivity contribution in [1.29, 1.82) is 0 Å². The van der Waals surface area contributed by atoms with Crippen LogP contribution in [0.5, 0.6) is 0 Å². The molecular weight excluding hydrogens is 238 g/mol. The van der Waals surface area contributed by atoms with Crippen LogP contribution < -0.4 is 5.32 Å². The van der Waals surface area contributed by atoms with E-state index in [9.17, 15) is 0 Å². The van der Waals surface area contributed by atoms with Gasteiger partial charge in [0.05, 0.1) is 6.10 Å². The van der Waals surface area contributed by atoms with Crippen LogP contribution in [0.1, 0.15) is 46.4 Å². The van der Waals surface area contributed by atoms with E-state index in [0.29, 0.717) is 6.04 Å². The van der Waals surface area contributed by atoms with Gasteiger partial charge in [0, 0.05) is 38.0 Å². The normalized spacial score (nSPS) is 14.5. The standard InChI is InChI=1S/C15H29N3O/c1-5-9-14(19-8-4)13(16-6-2)12-15-17-10-11-18(15)7-3/h10-11,13-14,16H,5-9,12H2,1-4H3. The highest BCUT2D eigenvalue weighted by Crippen LogP contribution is 2.12. The summed E-state index contributed by atoms with van der Waals surface area (Å²) < 4.78 is 8.13.